The van der Waals surface area contributed by atoms with Crippen LogP contribution < -0.4 is 5.32 Å². The van der Waals surface area contributed by atoms with Crippen molar-refractivity contribution < 1.29 is 9.52 Å². The van der Waals surface area contributed by atoms with Gasteiger partial charge in [0.25, 0.3) is 0 Å². The number of rotatable bonds is 2. The second kappa shape index (κ2) is 5.00. The molecule has 0 amide bonds. The highest BCUT2D eigenvalue weighted by Gasteiger charge is 2.24. The number of para-hydroxylation sites is 1. The first-order valence-electron chi connectivity index (χ1n) is 7.40. The van der Waals surface area contributed by atoms with E-state index in [-0.39, 0.29) is 12.1 Å². The molecule has 0 bridgehead atoms. The molecule has 5 heteroatoms. The molecule has 2 heterocycles. The minimum absolute atomic E-state index is 0.0325. The van der Waals surface area contributed by atoms with Crippen LogP contribution in [0.25, 0.3) is 22.1 Å². The number of aromatic nitrogens is 2. The van der Waals surface area contributed by atoms with Gasteiger partial charge in [-0.3, -0.25) is 0 Å². The number of aliphatic hydroxyl groups excluding tert-OH is 1. The van der Waals surface area contributed by atoms with Gasteiger partial charge < -0.3 is 14.8 Å². The van der Waals surface area contributed by atoms with Crippen LogP contribution in [0.5, 0.6) is 0 Å². The summed E-state index contributed by atoms with van der Waals surface area (Å²) in [5, 5.41) is 14.4. The van der Waals surface area contributed by atoms with E-state index >= 15 is 0 Å². The number of hydrogen-bond donors (Lipinski definition) is 2. The lowest BCUT2D eigenvalue weighted by atomic mass is 9.92. The monoisotopic (exact) mass is 283 g/mol. The molecule has 1 saturated carbocycles. The summed E-state index contributed by atoms with van der Waals surface area (Å²) in [6, 6.07) is 7.86. The maximum absolute atomic E-state index is 10.1. The molecule has 3 aromatic rings. The summed E-state index contributed by atoms with van der Waals surface area (Å²) in [4.78, 5) is 8.64. The van der Waals surface area contributed by atoms with Gasteiger partial charge in [-0.1, -0.05) is 25.0 Å². The molecule has 0 unspecified atom stereocenters. The van der Waals surface area contributed by atoms with Crippen molar-refractivity contribution in [2.24, 2.45) is 0 Å². The first-order chi connectivity index (χ1) is 10.3. The minimum Gasteiger partial charge on any atom is -0.450 e. The molecule has 0 spiro atoms. The van der Waals surface area contributed by atoms with Gasteiger partial charge in [-0.15, -0.1) is 0 Å². The topological polar surface area (TPSA) is 71.2 Å². The molecule has 2 atom stereocenters. The van der Waals surface area contributed by atoms with Gasteiger partial charge in [0.1, 0.15) is 17.4 Å². The van der Waals surface area contributed by atoms with Crippen LogP contribution in [0.2, 0.25) is 0 Å². The number of benzene rings is 1. The molecule has 5 nitrogen and oxygen atoms in total. The summed E-state index contributed by atoms with van der Waals surface area (Å²) in [7, 11) is 0. The van der Waals surface area contributed by atoms with Crippen molar-refractivity contribution in [1.29, 1.82) is 0 Å². The predicted octanol–water partition coefficient (Wildman–Crippen LogP) is 3.09. The molecule has 0 aliphatic heterocycles. The molecule has 1 aromatic carbocycles. The highest BCUT2D eigenvalue weighted by molar-refractivity contribution is 6.05. The van der Waals surface area contributed by atoms with E-state index in [0.29, 0.717) is 11.4 Å². The van der Waals surface area contributed by atoms with Crippen molar-refractivity contribution in [2.45, 2.75) is 37.8 Å². The van der Waals surface area contributed by atoms with Crippen LogP contribution in [0.3, 0.4) is 0 Å². The SMILES string of the molecule is O[C@H]1CCCC[C@@H]1Nc1ncnc2c1oc1ccccc12. The largest absolute Gasteiger partial charge is 0.450 e. The third kappa shape index (κ3) is 2.14. The molecule has 21 heavy (non-hydrogen) atoms. The quantitative estimate of drug-likeness (QED) is 0.756. The van der Waals surface area contributed by atoms with Crippen LogP contribution in [-0.2, 0) is 0 Å². The molecular formula is C16H17N3O2. The first-order valence-corrected chi connectivity index (χ1v) is 7.40. The number of nitrogens with one attached hydrogen (secondary N) is 1. The van der Waals surface area contributed by atoms with Crippen molar-refractivity contribution in [3.8, 4) is 0 Å². The van der Waals surface area contributed by atoms with Crippen LogP contribution in [0.15, 0.2) is 35.0 Å². The van der Waals surface area contributed by atoms with E-state index in [1.165, 1.54) is 0 Å². The summed E-state index contributed by atoms with van der Waals surface area (Å²) in [6.07, 6.45) is 5.22. The van der Waals surface area contributed by atoms with Crippen molar-refractivity contribution >= 4 is 27.9 Å². The van der Waals surface area contributed by atoms with Crippen molar-refractivity contribution in [3.05, 3.63) is 30.6 Å². The van der Waals surface area contributed by atoms with Gasteiger partial charge in [-0.25, -0.2) is 9.97 Å². The number of aliphatic hydroxyl groups is 1. The predicted molar refractivity (Wildman–Crippen MR) is 81.2 cm³/mol. The number of anilines is 1. The van der Waals surface area contributed by atoms with Crippen molar-refractivity contribution in [2.75, 3.05) is 5.32 Å². The van der Waals surface area contributed by atoms with E-state index in [4.69, 9.17) is 4.42 Å². The average Bonchev–Trinajstić information content (AvgIpc) is 2.89. The smallest absolute Gasteiger partial charge is 0.196 e. The second-order valence-corrected chi connectivity index (χ2v) is 5.60. The molecular weight excluding hydrogens is 266 g/mol. The van der Waals surface area contributed by atoms with Crippen LogP contribution in [0.4, 0.5) is 5.82 Å². The van der Waals surface area contributed by atoms with Gasteiger partial charge in [0.05, 0.1) is 12.1 Å². The number of hydrogen-bond acceptors (Lipinski definition) is 5. The fourth-order valence-electron chi connectivity index (χ4n) is 3.08. The summed E-state index contributed by atoms with van der Waals surface area (Å²) >= 11 is 0. The van der Waals surface area contributed by atoms with Gasteiger partial charge >= 0.3 is 0 Å². The lowest BCUT2D eigenvalue weighted by Crippen LogP contribution is -2.36. The third-order valence-corrected chi connectivity index (χ3v) is 4.21. The Hall–Kier alpha value is -2.14. The Balaban J connectivity index is 1.78. The van der Waals surface area contributed by atoms with Gasteiger partial charge in [-0.2, -0.15) is 0 Å². The summed E-state index contributed by atoms with van der Waals surface area (Å²) in [5.74, 6) is 0.669. The Labute approximate surface area is 122 Å². The zero-order valence-electron chi connectivity index (χ0n) is 11.6. The van der Waals surface area contributed by atoms with Crippen LogP contribution in [-0.4, -0.2) is 27.2 Å². The molecule has 2 N–H and O–H groups in total. The Bertz CT molecular complexity index is 783. The van der Waals surface area contributed by atoms with Crippen molar-refractivity contribution in [3.63, 3.8) is 0 Å². The molecule has 1 fully saturated rings. The molecule has 2 aromatic heterocycles. The van der Waals surface area contributed by atoms with Gasteiger partial charge in [-0.05, 0) is 25.0 Å². The fourth-order valence-corrected chi connectivity index (χ4v) is 3.08. The van der Waals surface area contributed by atoms with E-state index < -0.39 is 0 Å². The van der Waals surface area contributed by atoms with E-state index in [0.717, 1.165) is 42.2 Å². The molecule has 1 aliphatic carbocycles. The van der Waals surface area contributed by atoms with E-state index in [1.54, 1.807) is 6.33 Å². The number of fused-ring (bicyclic) bond motifs is 3. The van der Waals surface area contributed by atoms with Gasteiger partial charge in [0.15, 0.2) is 11.4 Å². The highest BCUT2D eigenvalue weighted by atomic mass is 16.3. The average molecular weight is 283 g/mol. The number of nitrogens with zero attached hydrogens (tertiary/aromatic N) is 2. The third-order valence-electron chi connectivity index (χ3n) is 4.21. The summed E-state index contributed by atoms with van der Waals surface area (Å²) < 4.78 is 5.89. The van der Waals surface area contributed by atoms with Crippen LogP contribution in [0.1, 0.15) is 25.7 Å². The molecule has 1 aliphatic rings. The van der Waals surface area contributed by atoms with Crippen LogP contribution >= 0.6 is 0 Å². The standard InChI is InChI=1S/C16H17N3O2/c20-12-7-3-2-6-11(12)19-16-15-14(17-9-18-16)10-5-1-4-8-13(10)21-15/h1,4-5,8-9,11-12,20H,2-3,6-7H2,(H,17,18,19)/t11-,12-/m0/s1. The Kier molecular flexibility index (Phi) is 3.00. The van der Waals surface area contributed by atoms with E-state index in [9.17, 15) is 5.11 Å². The summed E-state index contributed by atoms with van der Waals surface area (Å²) in [5.41, 5.74) is 2.28. The summed E-state index contributed by atoms with van der Waals surface area (Å²) in [6.45, 7) is 0. The Morgan fingerprint density at radius 1 is 1.14 bits per heavy atom. The maximum atomic E-state index is 10.1. The first kappa shape index (κ1) is 12.6. The highest BCUT2D eigenvalue weighted by Crippen LogP contribution is 2.31. The second-order valence-electron chi connectivity index (χ2n) is 5.60. The minimum atomic E-state index is -0.326. The fraction of sp³-hybridized carbons (Fsp3) is 0.375. The molecule has 108 valence electrons. The maximum Gasteiger partial charge on any atom is 0.196 e. The molecule has 0 radical (unpaired) electrons. The number of furan rings is 1. The zero-order chi connectivity index (χ0) is 14.2. The van der Waals surface area contributed by atoms with E-state index in [2.05, 4.69) is 15.3 Å². The zero-order valence-corrected chi connectivity index (χ0v) is 11.6. The Morgan fingerprint density at radius 3 is 2.90 bits per heavy atom. The lowest BCUT2D eigenvalue weighted by Gasteiger charge is -2.28. The van der Waals surface area contributed by atoms with Crippen molar-refractivity contribution in [1.82, 2.24) is 9.97 Å². The lowest BCUT2D eigenvalue weighted by molar-refractivity contribution is 0.116. The normalized spacial score (nSPS) is 22.7. The molecule has 0 saturated heterocycles. The van der Waals surface area contributed by atoms with E-state index in [1.807, 2.05) is 24.3 Å². The Morgan fingerprint density at radius 2 is 2.00 bits per heavy atom. The van der Waals surface area contributed by atoms with Crippen LogP contribution in [0, 0.1) is 0 Å². The van der Waals surface area contributed by atoms with Gasteiger partial charge in [0, 0.05) is 5.39 Å². The van der Waals surface area contributed by atoms with Gasteiger partial charge in [0.2, 0.25) is 0 Å². The molecule has 4 rings (SSSR count).